The van der Waals surface area contributed by atoms with Gasteiger partial charge in [0.15, 0.2) is 11.6 Å². The highest BCUT2D eigenvalue weighted by Gasteiger charge is 2.32. The van der Waals surface area contributed by atoms with E-state index in [1.807, 2.05) is 0 Å². The second-order valence-corrected chi connectivity index (χ2v) is 8.20. The minimum atomic E-state index is -4.65. The van der Waals surface area contributed by atoms with Gasteiger partial charge in [0, 0.05) is 29.9 Å². The number of nitrogens with one attached hydrogen (secondary N) is 1. The number of aromatic nitrogens is 4. The van der Waals surface area contributed by atoms with Crippen LogP contribution >= 0.6 is 11.6 Å². The molecular weight excluding hydrogens is 489 g/mol. The zero-order valence-electron chi connectivity index (χ0n) is 18.4. The van der Waals surface area contributed by atoms with Crippen molar-refractivity contribution in [2.75, 3.05) is 26.3 Å². The summed E-state index contributed by atoms with van der Waals surface area (Å²) in [6.07, 6.45) is -1.97. The normalized spacial score (nSPS) is 15.1. The van der Waals surface area contributed by atoms with Crippen LogP contribution in [0.1, 0.15) is 45.1 Å². The van der Waals surface area contributed by atoms with Crippen LogP contribution in [0.4, 0.5) is 13.2 Å². The average molecular weight is 509 g/mol. The molecule has 0 saturated carbocycles. The Kier molecular flexibility index (Phi) is 7.03. The Hall–Kier alpha value is -3.51. The second-order valence-electron chi connectivity index (χ2n) is 7.76. The first-order valence-electron chi connectivity index (χ1n) is 10.6. The van der Waals surface area contributed by atoms with Crippen molar-refractivity contribution in [3.8, 4) is 5.82 Å². The molecule has 4 rings (SSSR count). The van der Waals surface area contributed by atoms with E-state index < -0.39 is 23.7 Å². The summed E-state index contributed by atoms with van der Waals surface area (Å²) in [6, 6.07) is 5.08. The Balaban J connectivity index is 1.50. The van der Waals surface area contributed by atoms with E-state index in [1.165, 1.54) is 17.2 Å². The monoisotopic (exact) mass is 508 g/mol. The zero-order chi connectivity index (χ0) is 25.2. The maximum Gasteiger partial charge on any atom is 0.416 e. The van der Waals surface area contributed by atoms with E-state index in [4.69, 9.17) is 16.3 Å². The summed E-state index contributed by atoms with van der Waals surface area (Å²) in [5, 5.41) is 6.51. The van der Waals surface area contributed by atoms with Crippen LogP contribution in [-0.4, -0.2) is 62.8 Å². The molecule has 1 aromatic carbocycles. The van der Waals surface area contributed by atoms with Gasteiger partial charge in [0.05, 0.1) is 30.4 Å². The molecule has 2 amide bonds. The molecule has 0 spiro atoms. The van der Waals surface area contributed by atoms with E-state index in [1.54, 1.807) is 24.0 Å². The lowest BCUT2D eigenvalue weighted by molar-refractivity contribution is -0.137. The number of pyridine rings is 1. The highest BCUT2D eigenvalue weighted by atomic mass is 35.5. The largest absolute Gasteiger partial charge is 0.416 e. The lowest BCUT2D eigenvalue weighted by Gasteiger charge is -2.26. The number of carbonyl (C=O) groups excluding carboxylic acids is 2. The van der Waals surface area contributed by atoms with E-state index >= 15 is 0 Å². The molecule has 0 aliphatic carbocycles. The van der Waals surface area contributed by atoms with E-state index in [0.29, 0.717) is 37.7 Å². The third kappa shape index (κ3) is 5.60. The number of nitrogens with zero attached hydrogens (tertiary/aromatic N) is 5. The third-order valence-electron chi connectivity index (χ3n) is 5.31. The molecule has 1 aliphatic rings. The van der Waals surface area contributed by atoms with Gasteiger partial charge in [-0.25, -0.2) is 9.97 Å². The van der Waals surface area contributed by atoms with Gasteiger partial charge in [-0.05, 0) is 37.3 Å². The van der Waals surface area contributed by atoms with E-state index in [0.717, 1.165) is 18.2 Å². The molecular formula is C22H20ClF3N6O3. The summed E-state index contributed by atoms with van der Waals surface area (Å²) in [6.45, 7) is 3.57. The number of rotatable bonds is 5. The van der Waals surface area contributed by atoms with Gasteiger partial charge in [-0.3, -0.25) is 9.59 Å². The van der Waals surface area contributed by atoms with Crippen molar-refractivity contribution < 1.29 is 27.5 Å². The average Bonchev–Trinajstić information content (AvgIpc) is 3.33. The van der Waals surface area contributed by atoms with Gasteiger partial charge in [-0.1, -0.05) is 11.6 Å². The number of amides is 2. The minimum Gasteiger partial charge on any atom is -0.378 e. The topological polar surface area (TPSA) is 102 Å². The van der Waals surface area contributed by atoms with Crippen LogP contribution in [0.25, 0.3) is 5.82 Å². The van der Waals surface area contributed by atoms with Gasteiger partial charge in [-0.15, -0.1) is 0 Å². The Morgan fingerprint density at radius 1 is 1.11 bits per heavy atom. The molecule has 1 aliphatic heterocycles. The molecule has 3 aromatic rings. The Morgan fingerprint density at radius 3 is 2.51 bits per heavy atom. The standard InChI is InChI=1S/C22H20ClF3N6O3/c1-13(30-20(33)15-8-16(22(24,25)26)10-17(23)9-15)19-28-12-29-32(19)18-3-2-14(11-27-18)21(34)31-4-6-35-7-5-31/h2-3,8-13H,4-7H2,1H3,(H,30,33)/t13-/m0/s1. The molecule has 0 radical (unpaired) electrons. The number of morpholine rings is 1. The van der Waals surface area contributed by atoms with Gasteiger partial charge in [0.2, 0.25) is 0 Å². The van der Waals surface area contributed by atoms with Crippen molar-refractivity contribution in [3.63, 3.8) is 0 Å². The van der Waals surface area contributed by atoms with Crippen molar-refractivity contribution >= 4 is 23.4 Å². The summed E-state index contributed by atoms with van der Waals surface area (Å²) in [5.74, 6) is -0.290. The Morgan fingerprint density at radius 2 is 1.86 bits per heavy atom. The predicted octanol–water partition coefficient (Wildman–Crippen LogP) is 3.30. The van der Waals surface area contributed by atoms with Crippen molar-refractivity contribution in [2.45, 2.75) is 19.1 Å². The van der Waals surface area contributed by atoms with Crippen molar-refractivity contribution in [1.29, 1.82) is 0 Å². The first-order chi connectivity index (χ1) is 16.6. The predicted molar refractivity (Wildman–Crippen MR) is 118 cm³/mol. The second kappa shape index (κ2) is 10.0. The van der Waals surface area contributed by atoms with Crippen LogP contribution in [0.3, 0.4) is 0 Å². The quantitative estimate of drug-likeness (QED) is 0.567. The molecule has 0 unspecified atom stereocenters. The van der Waals surface area contributed by atoms with E-state index in [-0.39, 0.29) is 22.3 Å². The van der Waals surface area contributed by atoms with Gasteiger partial charge >= 0.3 is 6.18 Å². The summed E-state index contributed by atoms with van der Waals surface area (Å²) in [7, 11) is 0. The number of hydrogen-bond donors (Lipinski definition) is 1. The smallest absolute Gasteiger partial charge is 0.378 e. The van der Waals surface area contributed by atoms with Gasteiger partial charge < -0.3 is 15.0 Å². The Bertz CT molecular complexity index is 1230. The summed E-state index contributed by atoms with van der Waals surface area (Å²) < 4.78 is 45.8. The van der Waals surface area contributed by atoms with Crippen LogP contribution < -0.4 is 5.32 Å². The van der Waals surface area contributed by atoms with Crippen molar-refractivity contribution in [2.24, 2.45) is 0 Å². The molecule has 2 aromatic heterocycles. The van der Waals surface area contributed by atoms with E-state index in [9.17, 15) is 22.8 Å². The summed E-state index contributed by atoms with van der Waals surface area (Å²) in [5.41, 5.74) is -0.867. The fraction of sp³-hybridized carbons (Fsp3) is 0.318. The fourth-order valence-electron chi connectivity index (χ4n) is 3.54. The molecule has 3 heterocycles. The lowest BCUT2D eigenvalue weighted by Crippen LogP contribution is -2.40. The molecule has 1 fully saturated rings. The molecule has 9 nitrogen and oxygen atoms in total. The highest BCUT2D eigenvalue weighted by molar-refractivity contribution is 6.31. The zero-order valence-corrected chi connectivity index (χ0v) is 19.2. The molecule has 35 heavy (non-hydrogen) atoms. The highest BCUT2D eigenvalue weighted by Crippen LogP contribution is 2.32. The van der Waals surface area contributed by atoms with Gasteiger partial charge in [0.25, 0.3) is 11.8 Å². The SMILES string of the molecule is C[C@H](NC(=O)c1cc(Cl)cc(C(F)(F)F)c1)c1ncnn1-c1ccc(C(=O)N2CCOCC2)cn1. The van der Waals surface area contributed by atoms with Crippen molar-refractivity contribution in [3.05, 3.63) is 70.4 Å². The van der Waals surface area contributed by atoms with Crippen LogP contribution in [-0.2, 0) is 10.9 Å². The maximum absolute atomic E-state index is 13.1. The molecule has 1 saturated heterocycles. The third-order valence-corrected chi connectivity index (χ3v) is 5.52. The summed E-state index contributed by atoms with van der Waals surface area (Å²) >= 11 is 5.78. The molecule has 184 valence electrons. The number of halogens is 4. The first kappa shape index (κ1) is 24.6. The van der Waals surface area contributed by atoms with Gasteiger partial charge in [0.1, 0.15) is 6.33 Å². The van der Waals surface area contributed by atoms with Gasteiger partial charge in [-0.2, -0.15) is 23.0 Å². The minimum absolute atomic E-state index is 0.161. The van der Waals surface area contributed by atoms with Crippen LogP contribution in [0.15, 0.2) is 42.9 Å². The molecule has 1 atom stereocenters. The lowest BCUT2D eigenvalue weighted by atomic mass is 10.1. The van der Waals surface area contributed by atoms with Crippen molar-refractivity contribution in [1.82, 2.24) is 30.0 Å². The number of carbonyl (C=O) groups is 2. The molecule has 0 bridgehead atoms. The first-order valence-corrected chi connectivity index (χ1v) is 10.9. The summed E-state index contributed by atoms with van der Waals surface area (Å²) in [4.78, 5) is 35.4. The van der Waals surface area contributed by atoms with Crippen LogP contribution in [0, 0.1) is 0 Å². The molecule has 13 heteroatoms. The molecule has 1 N–H and O–H groups in total. The van der Waals surface area contributed by atoms with Crippen LogP contribution in [0.2, 0.25) is 5.02 Å². The maximum atomic E-state index is 13.1. The number of benzene rings is 1. The number of hydrogen-bond acceptors (Lipinski definition) is 6. The number of alkyl halides is 3. The van der Waals surface area contributed by atoms with Crippen LogP contribution in [0.5, 0.6) is 0 Å². The number of ether oxygens (including phenoxy) is 1. The Labute approximate surface area is 202 Å². The fourth-order valence-corrected chi connectivity index (χ4v) is 3.77. The van der Waals surface area contributed by atoms with E-state index in [2.05, 4.69) is 20.4 Å².